The average Bonchev–Trinajstić information content (AvgIpc) is 2.74. The molecule has 0 aromatic heterocycles. The van der Waals surface area contributed by atoms with Crippen molar-refractivity contribution in [2.75, 3.05) is 6.61 Å². The molecule has 0 fully saturated rings. The number of amides is 1. The van der Waals surface area contributed by atoms with Crippen LogP contribution in [0.5, 0.6) is 11.5 Å². The molecule has 4 nitrogen and oxygen atoms in total. The summed E-state index contributed by atoms with van der Waals surface area (Å²) < 4.78 is 11.7. The predicted molar refractivity (Wildman–Crippen MR) is 120 cm³/mol. The lowest BCUT2D eigenvalue weighted by Crippen LogP contribution is -2.23. The number of hydrogen-bond donors (Lipinski definition) is 1. The summed E-state index contributed by atoms with van der Waals surface area (Å²) in [5, 5.41) is 3.55. The highest BCUT2D eigenvalue weighted by Gasteiger charge is 2.12. The third kappa shape index (κ3) is 5.55. The minimum atomic E-state index is -0.176. The van der Waals surface area contributed by atoms with Gasteiger partial charge in [0.15, 0.2) is 0 Å². The Labute approximate surface area is 182 Å². The Hall–Kier alpha value is -2.98. The summed E-state index contributed by atoms with van der Waals surface area (Å²) in [7, 11) is 0. The number of halogens is 1. The zero-order valence-electron chi connectivity index (χ0n) is 17.5. The summed E-state index contributed by atoms with van der Waals surface area (Å²) in [5.74, 6) is 1.32. The third-order valence-electron chi connectivity index (χ3n) is 4.89. The number of benzene rings is 3. The van der Waals surface area contributed by atoms with Crippen LogP contribution in [0.4, 0.5) is 0 Å². The van der Waals surface area contributed by atoms with Gasteiger partial charge in [0.1, 0.15) is 18.1 Å². The minimum absolute atomic E-state index is 0.176. The third-order valence-corrected chi connectivity index (χ3v) is 5.26. The number of ether oxygens (including phenoxy) is 2. The summed E-state index contributed by atoms with van der Waals surface area (Å²) in [5.41, 5.74) is 4.63. The molecule has 0 heterocycles. The second kappa shape index (κ2) is 10.2. The molecule has 0 aliphatic carbocycles. The van der Waals surface area contributed by atoms with E-state index in [1.807, 2.05) is 61.5 Å². The molecule has 5 heteroatoms. The van der Waals surface area contributed by atoms with Crippen LogP contribution in [0.3, 0.4) is 0 Å². The molecular weight excluding hydrogens is 398 g/mol. The highest BCUT2D eigenvalue weighted by Crippen LogP contribution is 2.24. The molecular formula is C25H26ClNO3. The van der Waals surface area contributed by atoms with E-state index in [0.717, 1.165) is 16.9 Å². The molecule has 1 amide bonds. The lowest BCUT2D eigenvalue weighted by Gasteiger charge is -2.14. The largest absolute Gasteiger partial charge is 0.493 e. The number of rotatable bonds is 8. The van der Waals surface area contributed by atoms with Gasteiger partial charge in [-0.2, -0.15) is 0 Å². The summed E-state index contributed by atoms with van der Waals surface area (Å²) in [6, 6.07) is 18.8. The van der Waals surface area contributed by atoms with E-state index >= 15 is 0 Å². The van der Waals surface area contributed by atoms with Gasteiger partial charge in [0.25, 0.3) is 5.91 Å². The first kappa shape index (κ1) is 21.7. The van der Waals surface area contributed by atoms with Crippen LogP contribution in [0, 0.1) is 13.8 Å². The second-order valence-electron chi connectivity index (χ2n) is 7.06. The first-order valence-electron chi connectivity index (χ1n) is 9.95. The van der Waals surface area contributed by atoms with E-state index in [1.165, 1.54) is 11.1 Å². The summed E-state index contributed by atoms with van der Waals surface area (Å²) in [4.78, 5) is 12.7. The van der Waals surface area contributed by atoms with Gasteiger partial charge in [-0.05, 0) is 73.9 Å². The fraction of sp³-hybridized carbons (Fsp3) is 0.240. The fourth-order valence-electron chi connectivity index (χ4n) is 3.01. The van der Waals surface area contributed by atoms with E-state index in [2.05, 4.69) is 19.2 Å². The van der Waals surface area contributed by atoms with Gasteiger partial charge >= 0.3 is 0 Å². The Balaban J connectivity index is 1.73. The van der Waals surface area contributed by atoms with E-state index in [-0.39, 0.29) is 5.91 Å². The molecule has 30 heavy (non-hydrogen) atoms. The van der Waals surface area contributed by atoms with Gasteiger partial charge in [-0.25, -0.2) is 0 Å². The summed E-state index contributed by atoms with van der Waals surface area (Å²) in [6.45, 7) is 7.26. The molecule has 0 radical (unpaired) electrons. The SMILES string of the molecule is CCOc1ccc(C(=O)NCc2ccccc2Cl)cc1COc1ccc(C)c(C)c1. The van der Waals surface area contributed by atoms with Crippen molar-refractivity contribution in [2.45, 2.75) is 33.9 Å². The van der Waals surface area contributed by atoms with Crippen LogP contribution < -0.4 is 14.8 Å². The molecule has 0 saturated heterocycles. The van der Waals surface area contributed by atoms with Gasteiger partial charge in [0.2, 0.25) is 0 Å². The van der Waals surface area contributed by atoms with Crippen molar-refractivity contribution in [2.24, 2.45) is 0 Å². The maximum absolute atomic E-state index is 12.7. The summed E-state index contributed by atoms with van der Waals surface area (Å²) in [6.07, 6.45) is 0. The molecule has 1 N–H and O–H groups in total. The Bertz CT molecular complexity index is 1030. The molecule has 3 rings (SSSR count). The van der Waals surface area contributed by atoms with Crippen LogP contribution in [0.25, 0.3) is 0 Å². The number of carbonyl (C=O) groups is 1. The lowest BCUT2D eigenvalue weighted by molar-refractivity contribution is 0.0950. The summed E-state index contributed by atoms with van der Waals surface area (Å²) >= 11 is 6.17. The average molecular weight is 424 g/mol. The first-order chi connectivity index (χ1) is 14.5. The number of carbonyl (C=O) groups excluding carboxylic acids is 1. The molecule has 0 aliphatic rings. The quantitative estimate of drug-likeness (QED) is 0.493. The van der Waals surface area contributed by atoms with Gasteiger partial charge in [-0.3, -0.25) is 4.79 Å². The van der Waals surface area contributed by atoms with Crippen molar-refractivity contribution >= 4 is 17.5 Å². The van der Waals surface area contributed by atoms with Crippen LogP contribution in [0.1, 0.15) is 39.5 Å². The second-order valence-corrected chi connectivity index (χ2v) is 7.47. The van der Waals surface area contributed by atoms with Gasteiger partial charge in [-0.15, -0.1) is 0 Å². The molecule has 156 valence electrons. The molecule has 0 unspecified atom stereocenters. The van der Waals surface area contributed by atoms with E-state index in [0.29, 0.717) is 36.1 Å². The monoisotopic (exact) mass is 423 g/mol. The fourth-order valence-corrected chi connectivity index (χ4v) is 3.22. The first-order valence-corrected chi connectivity index (χ1v) is 10.3. The Morgan fingerprint density at radius 1 is 0.933 bits per heavy atom. The van der Waals surface area contributed by atoms with Crippen LogP contribution >= 0.6 is 11.6 Å². The maximum Gasteiger partial charge on any atom is 0.251 e. The highest BCUT2D eigenvalue weighted by molar-refractivity contribution is 6.31. The zero-order chi connectivity index (χ0) is 21.5. The smallest absolute Gasteiger partial charge is 0.251 e. The Morgan fingerprint density at radius 2 is 1.73 bits per heavy atom. The van der Waals surface area contributed by atoms with Crippen LogP contribution in [0.15, 0.2) is 60.7 Å². The number of aryl methyl sites for hydroxylation is 2. The van der Waals surface area contributed by atoms with E-state index in [4.69, 9.17) is 21.1 Å². The van der Waals surface area contributed by atoms with Crippen molar-refractivity contribution in [3.63, 3.8) is 0 Å². The van der Waals surface area contributed by atoms with E-state index in [1.54, 1.807) is 6.07 Å². The maximum atomic E-state index is 12.7. The number of hydrogen-bond acceptors (Lipinski definition) is 3. The molecule has 0 aliphatic heterocycles. The normalized spacial score (nSPS) is 10.5. The van der Waals surface area contributed by atoms with E-state index in [9.17, 15) is 4.79 Å². The van der Waals surface area contributed by atoms with Gasteiger partial charge < -0.3 is 14.8 Å². The van der Waals surface area contributed by atoms with E-state index < -0.39 is 0 Å². The van der Waals surface area contributed by atoms with Crippen molar-refractivity contribution < 1.29 is 14.3 Å². The molecule has 0 spiro atoms. The van der Waals surface area contributed by atoms with Gasteiger partial charge in [-0.1, -0.05) is 35.9 Å². The Kier molecular flexibility index (Phi) is 7.36. The predicted octanol–water partition coefficient (Wildman–Crippen LogP) is 5.86. The van der Waals surface area contributed by atoms with Crippen LogP contribution in [-0.4, -0.2) is 12.5 Å². The van der Waals surface area contributed by atoms with Gasteiger partial charge in [0.05, 0.1) is 6.61 Å². The van der Waals surface area contributed by atoms with Crippen LogP contribution in [0.2, 0.25) is 5.02 Å². The molecule has 0 saturated carbocycles. The van der Waals surface area contributed by atoms with Crippen molar-refractivity contribution in [1.29, 1.82) is 0 Å². The minimum Gasteiger partial charge on any atom is -0.493 e. The van der Waals surface area contributed by atoms with Crippen molar-refractivity contribution in [1.82, 2.24) is 5.32 Å². The topological polar surface area (TPSA) is 47.6 Å². The molecule has 3 aromatic carbocycles. The van der Waals surface area contributed by atoms with Crippen LogP contribution in [-0.2, 0) is 13.2 Å². The standard InChI is InChI=1S/C25H26ClNO3/c1-4-29-24-12-10-19(25(28)27-15-20-7-5-6-8-23(20)26)14-21(24)16-30-22-11-9-17(2)18(3)13-22/h5-14H,4,15-16H2,1-3H3,(H,27,28). The van der Waals surface area contributed by atoms with Crippen molar-refractivity contribution in [3.8, 4) is 11.5 Å². The van der Waals surface area contributed by atoms with Gasteiger partial charge in [0, 0.05) is 22.7 Å². The lowest BCUT2D eigenvalue weighted by atomic mass is 10.1. The number of nitrogens with one attached hydrogen (secondary N) is 1. The molecule has 0 bridgehead atoms. The van der Waals surface area contributed by atoms with Crippen molar-refractivity contribution in [3.05, 3.63) is 93.5 Å². The Morgan fingerprint density at radius 3 is 2.47 bits per heavy atom. The molecule has 3 aromatic rings. The highest BCUT2D eigenvalue weighted by atomic mass is 35.5. The molecule has 0 atom stereocenters. The zero-order valence-corrected chi connectivity index (χ0v) is 18.3.